The standard InChI is InChI=1S/C21H30N4O4/c1-29-19(26)10-11-22-20(27)16-6-8-17(9-7-16)23-21(28)25-14-4-5-18(15-25)24-12-2-3-13-24/h6-9,18H,2-5,10-15H2,1H3,(H,22,27)(H,23,28)/t18-/m1/s1. The Labute approximate surface area is 171 Å². The summed E-state index contributed by atoms with van der Waals surface area (Å²) in [5, 5.41) is 5.60. The lowest BCUT2D eigenvalue weighted by Crippen LogP contribution is -2.50. The Balaban J connectivity index is 1.47. The van der Waals surface area contributed by atoms with Gasteiger partial charge in [0.15, 0.2) is 0 Å². The summed E-state index contributed by atoms with van der Waals surface area (Å²) in [4.78, 5) is 40.2. The van der Waals surface area contributed by atoms with Crippen LogP contribution >= 0.6 is 0 Å². The van der Waals surface area contributed by atoms with Crippen molar-refractivity contribution >= 4 is 23.6 Å². The summed E-state index contributed by atoms with van der Waals surface area (Å²) in [6.45, 7) is 4.05. The average molecular weight is 402 g/mol. The van der Waals surface area contributed by atoms with Gasteiger partial charge < -0.3 is 20.3 Å². The number of carbonyl (C=O) groups is 3. The van der Waals surface area contributed by atoms with Gasteiger partial charge >= 0.3 is 12.0 Å². The van der Waals surface area contributed by atoms with Gasteiger partial charge in [0, 0.05) is 36.9 Å². The van der Waals surface area contributed by atoms with E-state index in [2.05, 4.69) is 20.3 Å². The number of likely N-dealkylation sites (tertiary alicyclic amines) is 2. The number of nitrogens with zero attached hydrogens (tertiary/aromatic N) is 2. The number of anilines is 1. The molecule has 3 amide bonds. The Morgan fingerprint density at radius 2 is 1.79 bits per heavy atom. The van der Waals surface area contributed by atoms with Gasteiger partial charge in [0.1, 0.15) is 0 Å². The van der Waals surface area contributed by atoms with Gasteiger partial charge in [-0.2, -0.15) is 0 Å². The maximum Gasteiger partial charge on any atom is 0.321 e. The third-order valence-corrected chi connectivity index (χ3v) is 5.58. The van der Waals surface area contributed by atoms with E-state index < -0.39 is 0 Å². The van der Waals surface area contributed by atoms with E-state index in [-0.39, 0.29) is 30.9 Å². The van der Waals surface area contributed by atoms with Crippen LogP contribution in [0.25, 0.3) is 0 Å². The molecule has 0 bridgehead atoms. The molecule has 2 aliphatic heterocycles. The van der Waals surface area contributed by atoms with Crippen LogP contribution in [0.1, 0.15) is 42.5 Å². The zero-order valence-electron chi connectivity index (χ0n) is 17.0. The van der Waals surface area contributed by atoms with E-state index in [1.807, 2.05) is 4.90 Å². The number of esters is 1. The minimum absolute atomic E-state index is 0.0934. The van der Waals surface area contributed by atoms with Gasteiger partial charge in [0.05, 0.1) is 13.5 Å². The summed E-state index contributed by atoms with van der Waals surface area (Å²) >= 11 is 0. The van der Waals surface area contributed by atoms with E-state index in [1.54, 1.807) is 24.3 Å². The van der Waals surface area contributed by atoms with Crippen molar-refractivity contribution in [2.75, 3.05) is 45.2 Å². The highest BCUT2D eigenvalue weighted by atomic mass is 16.5. The number of nitrogens with one attached hydrogen (secondary N) is 2. The summed E-state index contributed by atoms with van der Waals surface area (Å²) < 4.78 is 4.54. The van der Waals surface area contributed by atoms with E-state index in [4.69, 9.17) is 0 Å². The van der Waals surface area contributed by atoms with Crippen molar-refractivity contribution in [1.29, 1.82) is 0 Å². The average Bonchev–Trinajstić information content (AvgIpc) is 3.29. The number of piperidine rings is 1. The van der Waals surface area contributed by atoms with E-state index in [0.29, 0.717) is 17.3 Å². The Bertz CT molecular complexity index is 716. The molecule has 0 spiro atoms. The molecule has 0 radical (unpaired) electrons. The fourth-order valence-corrected chi connectivity index (χ4v) is 3.93. The number of amides is 3. The predicted molar refractivity (Wildman–Crippen MR) is 110 cm³/mol. The van der Waals surface area contributed by atoms with E-state index in [9.17, 15) is 14.4 Å². The molecule has 2 aliphatic rings. The minimum atomic E-state index is -0.368. The summed E-state index contributed by atoms with van der Waals surface area (Å²) in [6.07, 6.45) is 4.82. The monoisotopic (exact) mass is 402 g/mol. The van der Waals surface area contributed by atoms with Crippen LogP contribution in [-0.4, -0.2) is 73.6 Å². The molecule has 0 unspecified atom stereocenters. The molecule has 2 N–H and O–H groups in total. The zero-order valence-corrected chi connectivity index (χ0v) is 17.0. The van der Waals surface area contributed by atoms with Gasteiger partial charge in [-0.3, -0.25) is 14.5 Å². The Kier molecular flexibility index (Phi) is 7.46. The van der Waals surface area contributed by atoms with Gasteiger partial charge in [0.2, 0.25) is 0 Å². The largest absolute Gasteiger partial charge is 0.469 e. The number of rotatable bonds is 6. The fraction of sp³-hybridized carbons (Fsp3) is 0.571. The molecule has 158 valence electrons. The van der Waals surface area contributed by atoms with Crippen molar-refractivity contribution in [3.8, 4) is 0 Å². The quantitative estimate of drug-likeness (QED) is 0.711. The van der Waals surface area contributed by atoms with Crippen LogP contribution in [0.15, 0.2) is 24.3 Å². The second kappa shape index (κ2) is 10.2. The van der Waals surface area contributed by atoms with Gasteiger partial charge in [-0.1, -0.05) is 0 Å². The number of ether oxygens (including phenoxy) is 1. The van der Waals surface area contributed by atoms with Gasteiger partial charge in [0.25, 0.3) is 5.91 Å². The van der Waals surface area contributed by atoms with Crippen LogP contribution in [0.4, 0.5) is 10.5 Å². The van der Waals surface area contributed by atoms with Gasteiger partial charge in [-0.15, -0.1) is 0 Å². The van der Waals surface area contributed by atoms with Crippen LogP contribution < -0.4 is 10.6 Å². The lowest BCUT2D eigenvalue weighted by molar-refractivity contribution is -0.140. The maximum absolute atomic E-state index is 12.7. The van der Waals surface area contributed by atoms with Crippen molar-refractivity contribution in [3.05, 3.63) is 29.8 Å². The molecule has 1 aromatic carbocycles. The molecule has 1 atom stereocenters. The summed E-state index contributed by atoms with van der Waals surface area (Å²) in [6, 6.07) is 7.13. The molecule has 29 heavy (non-hydrogen) atoms. The van der Waals surface area contributed by atoms with Gasteiger partial charge in [-0.25, -0.2) is 4.79 Å². The minimum Gasteiger partial charge on any atom is -0.469 e. The lowest BCUT2D eigenvalue weighted by Gasteiger charge is -2.37. The normalized spacial score (nSPS) is 19.6. The second-order valence-electron chi connectivity index (χ2n) is 7.57. The van der Waals surface area contributed by atoms with Crippen LogP contribution in [0, 0.1) is 0 Å². The molecular weight excluding hydrogens is 372 g/mol. The highest BCUT2D eigenvalue weighted by Gasteiger charge is 2.29. The van der Waals surface area contributed by atoms with Crippen molar-refractivity contribution in [2.24, 2.45) is 0 Å². The Morgan fingerprint density at radius 3 is 2.48 bits per heavy atom. The lowest BCUT2D eigenvalue weighted by atomic mass is 10.0. The molecule has 8 nitrogen and oxygen atoms in total. The molecule has 0 aromatic heterocycles. The van der Waals surface area contributed by atoms with E-state index in [1.165, 1.54) is 20.0 Å². The number of hydrogen-bond donors (Lipinski definition) is 2. The smallest absolute Gasteiger partial charge is 0.321 e. The highest BCUT2D eigenvalue weighted by Crippen LogP contribution is 2.21. The molecule has 3 rings (SSSR count). The first-order valence-electron chi connectivity index (χ1n) is 10.3. The van der Waals surface area contributed by atoms with Crippen LogP contribution in [-0.2, 0) is 9.53 Å². The number of hydrogen-bond acceptors (Lipinski definition) is 5. The first-order chi connectivity index (χ1) is 14.1. The van der Waals surface area contributed by atoms with Crippen molar-refractivity contribution in [3.63, 3.8) is 0 Å². The Hall–Kier alpha value is -2.61. The molecule has 0 aliphatic carbocycles. The summed E-state index contributed by atoms with van der Waals surface area (Å²) in [5.74, 6) is -0.635. The molecule has 2 heterocycles. The number of urea groups is 1. The molecule has 1 aromatic rings. The third kappa shape index (κ3) is 5.93. The molecule has 2 saturated heterocycles. The van der Waals surface area contributed by atoms with Gasteiger partial charge in [-0.05, 0) is 63.0 Å². The predicted octanol–water partition coefficient (Wildman–Crippen LogP) is 2.07. The maximum atomic E-state index is 12.7. The highest BCUT2D eigenvalue weighted by molar-refractivity contribution is 5.95. The Morgan fingerprint density at radius 1 is 1.07 bits per heavy atom. The number of benzene rings is 1. The van der Waals surface area contributed by atoms with Crippen molar-refractivity contribution < 1.29 is 19.1 Å². The van der Waals surface area contributed by atoms with E-state index in [0.717, 1.165) is 39.0 Å². The first-order valence-corrected chi connectivity index (χ1v) is 10.3. The zero-order chi connectivity index (χ0) is 20.6. The summed E-state index contributed by atoms with van der Waals surface area (Å²) in [7, 11) is 1.31. The van der Waals surface area contributed by atoms with E-state index >= 15 is 0 Å². The molecule has 2 fully saturated rings. The van der Waals surface area contributed by atoms with Crippen LogP contribution in [0.5, 0.6) is 0 Å². The van der Waals surface area contributed by atoms with Crippen molar-refractivity contribution in [2.45, 2.75) is 38.1 Å². The van der Waals surface area contributed by atoms with Crippen molar-refractivity contribution in [1.82, 2.24) is 15.1 Å². The first kappa shape index (κ1) is 21.1. The topological polar surface area (TPSA) is 91.0 Å². The van der Waals surface area contributed by atoms with Crippen LogP contribution in [0.2, 0.25) is 0 Å². The number of methoxy groups -OCH3 is 1. The molecular formula is C21H30N4O4. The SMILES string of the molecule is COC(=O)CCNC(=O)c1ccc(NC(=O)N2CCC[C@@H](N3CCCC3)C2)cc1. The number of carbonyl (C=O) groups excluding carboxylic acids is 3. The molecule has 8 heteroatoms. The molecule has 0 saturated carbocycles. The fourth-order valence-electron chi connectivity index (χ4n) is 3.93. The third-order valence-electron chi connectivity index (χ3n) is 5.58. The second-order valence-corrected chi connectivity index (χ2v) is 7.57. The van der Waals surface area contributed by atoms with Crippen LogP contribution in [0.3, 0.4) is 0 Å². The summed E-state index contributed by atoms with van der Waals surface area (Å²) in [5.41, 5.74) is 1.13.